The lowest BCUT2D eigenvalue weighted by Crippen LogP contribution is -2.59. The Kier molecular flexibility index (Phi) is 3.63. The lowest BCUT2D eigenvalue weighted by Gasteiger charge is -2.34. The van der Waals surface area contributed by atoms with Crippen LogP contribution in [-0.4, -0.2) is 29.0 Å². The van der Waals surface area contributed by atoms with Gasteiger partial charge in [0.15, 0.2) is 11.5 Å². The van der Waals surface area contributed by atoms with Gasteiger partial charge in [-0.2, -0.15) is 0 Å². The average Bonchev–Trinajstić information content (AvgIpc) is 4.04. The zero-order valence-electron chi connectivity index (χ0n) is 27.9. The molecular formula is C46H22BN5O. The monoisotopic (exact) mass is 671 g/mol. The van der Waals surface area contributed by atoms with Crippen molar-refractivity contribution in [1.29, 1.82) is 0 Å². The maximum Gasteiger partial charge on any atom is 0.258 e. The number of hydrogen-bond acceptors (Lipinski definition) is 1. The first-order chi connectivity index (χ1) is 26.4. The molecule has 3 aliphatic rings. The van der Waals surface area contributed by atoms with Gasteiger partial charge in [0.1, 0.15) is 16.8 Å². The molecule has 6 aromatic heterocycles. The summed E-state index contributed by atoms with van der Waals surface area (Å²) in [5.74, 6) is 1.85. The molecule has 0 N–H and O–H groups in total. The third kappa shape index (κ3) is 2.31. The number of ether oxygens (including phenoxy) is 1. The predicted octanol–water partition coefficient (Wildman–Crippen LogP) is 8.78. The van der Waals surface area contributed by atoms with E-state index < -0.39 is 0 Å². The maximum absolute atomic E-state index is 7.39. The van der Waals surface area contributed by atoms with Crippen molar-refractivity contribution in [2.75, 3.05) is 0 Å². The molecule has 0 atom stereocenters. The van der Waals surface area contributed by atoms with Crippen LogP contribution >= 0.6 is 0 Å². The van der Waals surface area contributed by atoms with Crippen LogP contribution in [0.15, 0.2) is 133 Å². The number of aromatic nitrogens is 5. The molecule has 3 aliphatic heterocycles. The molecule has 0 saturated carbocycles. The molecule has 16 rings (SSSR count). The third-order valence-electron chi connectivity index (χ3n) is 13.1. The highest BCUT2D eigenvalue weighted by molar-refractivity contribution is 7.02. The largest absolute Gasteiger partial charge is 0.451 e. The van der Waals surface area contributed by atoms with Gasteiger partial charge in [0, 0.05) is 21.5 Å². The van der Waals surface area contributed by atoms with E-state index in [0.29, 0.717) is 0 Å². The zero-order valence-corrected chi connectivity index (χ0v) is 27.9. The molecule has 9 heterocycles. The summed E-state index contributed by atoms with van der Waals surface area (Å²) < 4.78 is 20.1. The second-order valence-electron chi connectivity index (χ2n) is 15.2. The number of benzene rings is 7. The molecule has 0 radical (unpaired) electrons. The smallest absolute Gasteiger partial charge is 0.258 e. The molecule has 0 aliphatic carbocycles. The summed E-state index contributed by atoms with van der Waals surface area (Å²) in [5.41, 5.74) is 19.8. The minimum atomic E-state index is -0.0417. The molecule has 240 valence electrons. The van der Waals surface area contributed by atoms with Crippen molar-refractivity contribution < 1.29 is 4.74 Å². The van der Waals surface area contributed by atoms with E-state index >= 15 is 0 Å². The lowest BCUT2D eigenvalue weighted by molar-refractivity contribution is 0.484. The number of fused-ring (bicyclic) bond motifs is 20. The van der Waals surface area contributed by atoms with E-state index in [1.165, 1.54) is 104 Å². The fraction of sp³-hybridized carbons (Fsp3) is 0. The Hall–Kier alpha value is -7.12. The number of para-hydroxylation sites is 8. The van der Waals surface area contributed by atoms with E-state index in [9.17, 15) is 0 Å². The zero-order chi connectivity index (χ0) is 33.6. The van der Waals surface area contributed by atoms with Gasteiger partial charge in [-0.3, -0.25) is 17.9 Å². The van der Waals surface area contributed by atoms with Crippen LogP contribution in [0.1, 0.15) is 0 Å². The van der Waals surface area contributed by atoms with E-state index in [2.05, 4.69) is 156 Å². The van der Waals surface area contributed by atoms with E-state index in [0.717, 1.165) is 28.2 Å². The first-order valence-corrected chi connectivity index (χ1v) is 18.4. The molecule has 0 saturated heterocycles. The van der Waals surface area contributed by atoms with Crippen molar-refractivity contribution in [3.63, 3.8) is 0 Å². The van der Waals surface area contributed by atoms with Crippen LogP contribution in [0, 0.1) is 0 Å². The van der Waals surface area contributed by atoms with Gasteiger partial charge in [-0.25, -0.2) is 0 Å². The van der Waals surface area contributed by atoms with Gasteiger partial charge in [0.05, 0.1) is 55.5 Å². The van der Waals surface area contributed by atoms with Crippen LogP contribution in [0.4, 0.5) is 0 Å². The molecular weight excluding hydrogens is 649 g/mol. The standard InChI is InChI=1S/C46H22BN5O/c1-3-16-28-25(11-1)36-45-48(28)30-18-5-7-20-32(30)50(45)41-35-27-15-9-13-23-24-14-10-22-34-40(24)52(39(23)27)42(35)44(53-34)43-38(41)47(36)37-26-12-2-4-17-29(26)49-31-19-6-8-21-33(31)51(43)46(37)49/h1-22H. The molecule has 6 nitrogen and oxygen atoms in total. The Morgan fingerprint density at radius 2 is 0.887 bits per heavy atom. The minimum Gasteiger partial charge on any atom is -0.451 e. The van der Waals surface area contributed by atoms with Crippen molar-refractivity contribution in [3.8, 4) is 22.9 Å². The molecule has 0 fully saturated rings. The number of imidazole rings is 2. The normalized spacial score (nSPS) is 14.2. The van der Waals surface area contributed by atoms with Crippen LogP contribution in [0.5, 0.6) is 11.5 Å². The van der Waals surface area contributed by atoms with Gasteiger partial charge in [0.25, 0.3) is 6.71 Å². The third-order valence-corrected chi connectivity index (χ3v) is 13.1. The topological polar surface area (TPSA) is 32.3 Å². The van der Waals surface area contributed by atoms with Crippen LogP contribution in [0.3, 0.4) is 0 Å². The highest BCUT2D eigenvalue weighted by atomic mass is 16.5. The van der Waals surface area contributed by atoms with Crippen LogP contribution < -0.4 is 21.1 Å². The van der Waals surface area contributed by atoms with E-state index in [1.807, 2.05) is 0 Å². The molecule has 7 heteroatoms. The van der Waals surface area contributed by atoms with Gasteiger partial charge in [0.2, 0.25) is 0 Å². The van der Waals surface area contributed by atoms with Crippen LogP contribution in [0.25, 0.3) is 105 Å². The van der Waals surface area contributed by atoms with E-state index in [4.69, 9.17) is 4.74 Å². The van der Waals surface area contributed by atoms with Crippen molar-refractivity contribution in [2.24, 2.45) is 0 Å². The van der Waals surface area contributed by atoms with Crippen molar-refractivity contribution >= 4 is 116 Å². The van der Waals surface area contributed by atoms with Gasteiger partial charge >= 0.3 is 0 Å². The van der Waals surface area contributed by atoms with E-state index in [1.54, 1.807) is 0 Å². The molecule has 0 unspecified atom stereocenters. The molecule has 0 spiro atoms. The van der Waals surface area contributed by atoms with Gasteiger partial charge in [-0.1, -0.05) is 91.0 Å². The molecule has 0 amide bonds. The van der Waals surface area contributed by atoms with E-state index in [-0.39, 0.29) is 6.71 Å². The number of nitrogens with zero attached hydrogens (tertiary/aromatic N) is 5. The molecule has 0 bridgehead atoms. The first-order valence-electron chi connectivity index (χ1n) is 18.4. The van der Waals surface area contributed by atoms with Crippen molar-refractivity contribution in [1.82, 2.24) is 22.3 Å². The molecule has 53 heavy (non-hydrogen) atoms. The summed E-state index contributed by atoms with van der Waals surface area (Å²) in [6, 6.07) is 49.4. The van der Waals surface area contributed by atoms with Crippen molar-refractivity contribution in [2.45, 2.75) is 0 Å². The second-order valence-corrected chi connectivity index (χ2v) is 15.2. The second kappa shape index (κ2) is 7.71. The summed E-state index contributed by atoms with van der Waals surface area (Å²) >= 11 is 0. The summed E-state index contributed by atoms with van der Waals surface area (Å²) in [6.45, 7) is -0.0417. The van der Waals surface area contributed by atoms with Gasteiger partial charge in [-0.05, 0) is 69.6 Å². The number of rotatable bonds is 0. The molecule has 7 aromatic carbocycles. The first kappa shape index (κ1) is 24.9. The summed E-state index contributed by atoms with van der Waals surface area (Å²) in [7, 11) is 0. The average molecular weight is 672 g/mol. The number of hydrogen-bond donors (Lipinski definition) is 0. The fourth-order valence-corrected chi connectivity index (χ4v) is 11.5. The maximum atomic E-state index is 7.39. The highest BCUT2D eigenvalue weighted by Gasteiger charge is 2.48. The summed E-state index contributed by atoms with van der Waals surface area (Å²) in [5, 5.41) is 7.64. The van der Waals surface area contributed by atoms with Gasteiger partial charge in [-0.15, -0.1) is 0 Å². The van der Waals surface area contributed by atoms with Crippen LogP contribution in [-0.2, 0) is 0 Å². The van der Waals surface area contributed by atoms with Crippen molar-refractivity contribution in [3.05, 3.63) is 133 Å². The lowest BCUT2D eigenvalue weighted by atomic mass is 9.34. The predicted molar refractivity (Wildman–Crippen MR) is 216 cm³/mol. The Morgan fingerprint density at radius 3 is 1.55 bits per heavy atom. The SMILES string of the molecule is c1ccc2c(c1)c1c3n(c4ccccc4n23)-c2c3c(c4c5cccc6c7cccc8c7n(c4c2O8)c65)-n2c4ccccc4n4c5ccccc5c(c24)B31. The Bertz CT molecular complexity index is 3960. The quantitative estimate of drug-likeness (QED) is 0.148. The highest BCUT2D eigenvalue weighted by Crippen LogP contribution is 2.54. The Balaban J connectivity index is 1.31. The minimum absolute atomic E-state index is 0.0417. The fourth-order valence-electron chi connectivity index (χ4n) is 11.5. The Labute approximate surface area is 298 Å². The Morgan fingerprint density at radius 1 is 0.377 bits per heavy atom. The van der Waals surface area contributed by atoms with Gasteiger partial charge < -0.3 is 9.14 Å². The summed E-state index contributed by atoms with van der Waals surface area (Å²) in [4.78, 5) is 0. The molecule has 13 aromatic rings. The summed E-state index contributed by atoms with van der Waals surface area (Å²) in [6.07, 6.45) is 0. The van der Waals surface area contributed by atoms with Crippen LogP contribution in [0.2, 0.25) is 0 Å².